The van der Waals surface area contributed by atoms with Crippen LogP contribution < -0.4 is 10.2 Å². The highest BCUT2D eigenvalue weighted by atomic mass is 35.5. The van der Waals surface area contributed by atoms with Gasteiger partial charge in [0.2, 0.25) is 0 Å². The van der Waals surface area contributed by atoms with Gasteiger partial charge in [-0.3, -0.25) is 4.79 Å². The van der Waals surface area contributed by atoms with Gasteiger partial charge in [-0.2, -0.15) is 4.98 Å². The third-order valence-corrected chi connectivity index (χ3v) is 5.01. The molecule has 1 N–H and O–H groups in total. The molecule has 1 aromatic carbocycles. The molecule has 0 spiro atoms. The highest BCUT2D eigenvalue weighted by Gasteiger charge is 2.35. The van der Waals surface area contributed by atoms with Crippen LogP contribution in [0, 0.1) is 5.92 Å². The Morgan fingerprint density at radius 2 is 2.08 bits per heavy atom. The van der Waals surface area contributed by atoms with E-state index in [1.54, 1.807) is 4.90 Å². The SMILES string of the molecule is CN(C)c1nc2c(C(=O)NC3CN4CCC3CC4)cccc2o1.Cl. The minimum atomic E-state index is -0.0482. The summed E-state index contributed by atoms with van der Waals surface area (Å²) in [7, 11) is 3.75. The third kappa shape index (κ3) is 2.96. The van der Waals surface area contributed by atoms with E-state index in [2.05, 4.69) is 15.2 Å². The monoisotopic (exact) mass is 350 g/mol. The number of benzene rings is 1. The predicted octanol–water partition coefficient (Wildman–Crippen LogP) is 2.14. The Kier molecular flexibility index (Phi) is 4.69. The van der Waals surface area contributed by atoms with Crippen LogP contribution in [-0.2, 0) is 0 Å². The molecule has 1 aromatic heterocycles. The van der Waals surface area contributed by atoms with Crippen LogP contribution in [0.5, 0.6) is 0 Å². The van der Waals surface area contributed by atoms with Gasteiger partial charge in [0.15, 0.2) is 5.58 Å². The zero-order valence-corrected chi connectivity index (χ0v) is 14.8. The van der Waals surface area contributed by atoms with Gasteiger partial charge in [0.05, 0.1) is 5.56 Å². The first-order valence-electron chi connectivity index (χ1n) is 8.22. The Labute approximate surface area is 147 Å². The first-order chi connectivity index (χ1) is 11.1. The number of carbonyl (C=O) groups excluding carboxylic acids is 1. The van der Waals surface area contributed by atoms with Crippen molar-refractivity contribution in [3.63, 3.8) is 0 Å². The average molecular weight is 351 g/mol. The van der Waals surface area contributed by atoms with E-state index < -0.39 is 0 Å². The van der Waals surface area contributed by atoms with Gasteiger partial charge in [-0.05, 0) is 44.0 Å². The zero-order valence-electron chi connectivity index (χ0n) is 14.0. The summed E-state index contributed by atoms with van der Waals surface area (Å²) < 4.78 is 5.69. The number of carbonyl (C=O) groups is 1. The Bertz CT molecular complexity index is 737. The van der Waals surface area contributed by atoms with E-state index in [4.69, 9.17) is 4.42 Å². The number of hydrogen-bond acceptors (Lipinski definition) is 5. The smallest absolute Gasteiger partial charge is 0.297 e. The van der Waals surface area contributed by atoms with Crippen LogP contribution in [0.25, 0.3) is 11.1 Å². The van der Waals surface area contributed by atoms with E-state index in [9.17, 15) is 4.79 Å². The number of rotatable bonds is 3. The summed E-state index contributed by atoms with van der Waals surface area (Å²) >= 11 is 0. The Hall–Kier alpha value is -1.79. The quantitative estimate of drug-likeness (QED) is 0.919. The highest BCUT2D eigenvalue weighted by Crippen LogP contribution is 2.28. The van der Waals surface area contributed by atoms with E-state index in [0.29, 0.717) is 28.6 Å². The van der Waals surface area contributed by atoms with Crippen molar-refractivity contribution in [3.8, 4) is 0 Å². The number of anilines is 1. The lowest BCUT2D eigenvalue weighted by Crippen LogP contribution is -2.57. The lowest BCUT2D eigenvalue weighted by molar-refractivity contribution is 0.0621. The number of fused-ring (bicyclic) bond motifs is 4. The third-order valence-electron chi connectivity index (χ3n) is 5.01. The molecule has 3 aliphatic rings. The molecule has 24 heavy (non-hydrogen) atoms. The fourth-order valence-corrected chi connectivity index (χ4v) is 3.69. The van der Waals surface area contributed by atoms with Crippen molar-refractivity contribution in [3.05, 3.63) is 23.8 Å². The molecule has 2 aromatic rings. The minimum absolute atomic E-state index is 0. The molecule has 7 heteroatoms. The van der Waals surface area contributed by atoms with Gasteiger partial charge in [0.25, 0.3) is 11.9 Å². The molecule has 6 nitrogen and oxygen atoms in total. The lowest BCUT2D eigenvalue weighted by Gasteiger charge is -2.44. The van der Waals surface area contributed by atoms with Crippen molar-refractivity contribution in [2.45, 2.75) is 18.9 Å². The molecule has 3 saturated heterocycles. The number of nitrogens with one attached hydrogen (secondary N) is 1. The number of aromatic nitrogens is 1. The molecule has 4 heterocycles. The van der Waals surface area contributed by atoms with Crippen molar-refractivity contribution in [2.75, 3.05) is 38.6 Å². The minimum Gasteiger partial charge on any atom is -0.423 e. The fraction of sp³-hybridized carbons (Fsp3) is 0.529. The molecule has 2 bridgehead atoms. The van der Waals surface area contributed by atoms with Crippen molar-refractivity contribution in [1.29, 1.82) is 0 Å². The number of piperidine rings is 3. The summed E-state index contributed by atoms with van der Waals surface area (Å²) in [6, 6.07) is 6.28. The normalized spacial score (nSPS) is 25.3. The number of halogens is 1. The highest BCUT2D eigenvalue weighted by molar-refractivity contribution is 6.04. The van der Waals surface area contributed by atoms with Crippen LogP contribution in [0.4, 0.5) is 6.01 Å². The van der Waals surface area contributed by atoms with E-state index >= 15 is 0 Å². The van der Waals surface area contributed by atoms with Crippen LogP contribution in [0.1, 0.15) is 23.2 Å². The number of oxazole rings is 1. The second-order valence-corrected chi connectivity index (χ2v) is 6.76. The lowest BCUT2D eigenvalue weighted by atomic mass is 9.84. The van der Waals surface area contributed by atoms with E-state index in [1.165, 1.54) is 25.9 Å². The van der Waals surface area contributed by atoms with Gasteiger partial charge in [0, 0.05) is 26.7 Å². The molecular formula is C17H23ClN4O2. The summed E-state index contributed by atoms with van der Waals surface area (Å²) in [6.07, 6.45) is 2.37. The van der Waals surface area contributed by atoms with Crippen LogP contribution in [0.15, 0.2) is 22.6 Å². The zero-order chi connectivity index (χ0) is 16.0. The standard InChI is InChI=1S/C17H22N4O2.ClH/c1-20(2)17-19-15-12(4-3-5-14(15)23-17)16(22)18-13-10-21-8-6-11(13)7-9-21;/h3-5,11,13H,6-10H2,1-2H3,(H,18,22);1H. The van der Waals surface area contributed by atoms with Gasteiger partial charge in [-0.25, -0.2) is 0 Å². The summed E-state index contributed by atoms with van der Waals surface area (Å²) in [5, 5.41) is 3.22. The van der Waals surface area contributed by atoms with Gasteiger partial charge >= 0.3 is 0 Å². The van der Waals surface area contributed by atoms with E-state index in [1.807, 2.05) is 32.3 Å². The molecule has 130 valence electrons. The number of para-hydroxylation sites is 1. The van der Waals surface area contributed by atoms with Crippen LogP contribution in [0.2, 0.25) is 0 Å². The topological polar surface area (TPSA) is 61.6 Å². The molecule has 1 amide bonds. The van der Waals surface area contributed by atoms with Gasteiger partial charge < -0.3 is 19.5 Å². The molecule has 1 unspecified atom stereocenters. The second kappa shape index (κ2) is 6.61. The van der Waals surface area contributed by atoms with Crippen molar-refractivity contribution in [1.82, 2.24) is 15.2 Å². The summed E-state index contributed by atoms with van der Waals surface area (Å²) in [4.78, 5) is 21.5. The summed E-state index contributed by atoms with van der Waals surface area (Å²) in [5.41, 5.74) is 1.88. The maximum Gasteiger partial charge on any atom is 0.297 e. The molecule has 3 aliphatic heterocycles. The van der Waals surface area contributed by atoms with Crippen LogP contribution >= 0.6 is 12.4 Å². The fourth-order valence-electron chi connectivity index (χ4n) is 3.69. The van der Waals surface area contributed by atoms with E-state index in [0.717, 1.165) is 6.54 Å². The van der Waals surface area contributed by atoms with Crippen LogP contribution in [0.3, 0.4) is 0 Å². The van der Waals surface area contributed by atoms with Crippen molar-refractivity contribution in [2.24, 2.45) is 5.92 Å². The summed E-state index contributed by atoms with van der Waals surface area (Å²) in [6.45, 7) is 3.30. The van der Waals surface area contributed by atoms with Gasteiger partial charge in [0.1, 0.15) is 5.52 Å². The van der Waals surface area contributed by atoms with Crippen molar-refractivity contribution < 1.29 is 9.21 Å². The maximum atomic E-state index is 12.8. The maximum absolute atomic E-state index is 12.8. The number of nitrogens with zero attached hydrogens (tertiary/aromatic N) is 3. The van der Waals surface area contributed by atoms with Crippen molar-refractivity contribution >= 4 is 35.4 Å². The summed E-state index contributed by atoms with van der Waals surface area (Å²) in [5.74, 6) is 0.561. The molecule has 1 atom stereocenters. The van der Waals surface area contributed by atoms with Crippen LogP contribution in [-0.4, -0.2) is 55.6 Å². The number of amides is 1. The molecule has 5 rings (SSSR count). The molecule has 0 aliphatic carbocycles. The second-order valence-electron chi connectivity index (χ2n) is 6.76. The predicted molar refractivity (Wildman–Crippen MR) is 96.0 cm³/mol. The van der Waals surface area contributed by atoms with Gasteiger partial charge in [-0.1, -0.05) is 6.07 Å². The largest absolute Gasteiger partial charge is 0.423 e. The molecule has 0 saturated carbocycles. The first kappa shape index (κ1) is 17.0. The molecule has 3 fully saturated rings. The van der Waals surface area contributed by atoms with E-state index in [-0.39, 0.29) is 24.4 Å². The average Bonchev–Trinajstić information content (AvgIpc) is 3.00. The number of hydrogen-bond donors (Lipinski definition) is 1. The Balaban J connectivity index is 0.00000169. The molecular weight excluding hydrogens is 328 g/mol. The molecule has 0 radical (unpaired) electrons. The first-order valence-corrected chi connectivity index (χ1v) is 8.22. The Morgan fingerprint density at radius 3 is 2.71 bits per heavy atom. The van der Waals surface area contributed by atoms with Gasteiger partial charge in [-0.15, -0.1) is 12.4 Å². The Morgan fingerprint density at radius 1 is 1.33 bits per heavy atom.